The van der Waals surface area contributed by atoms with Gasteiger partial charge in [0.25, 0.3) is 0 Å². The highest BCUT2D eigenvalue weighted by molar-refractivity contribution is 6.35. The number of amides is 2. The van der Waals surface area contributed by atoms with Crippen LogP contribution >= 0.6 is 0 Å². The number of methoxy groups -OCH3 is 3. The third-order valence-corrected chi connectivity index (χ3v) is 4.07. The molecule has 0 aliphatic heterocycles. The lowest BCUT2D eigenvalue weighted by molar-refractivity contribution is -0.139. The van der Waals surface area contributed by atoms with E-state index in [4.69, 9.17) is 14.2 Å². The van der Waals surface area contributed by atoms with E-state index in [1.807, 2.05) is 18.2 Å². The zero-order valence-electron chi connectivity index (χ0n) is 15.9. The predicted molar refractivity (Wildman–Crippen MR) is 101 cm³/mol. The standard InChI is InChI=1S/C20H24N2O5/c1-13(15-7-10-17(26-3)18(11-15)27-4)22-20(24)19(23)21-12-14-5-8-16(25-2)9-6-14/h5-11,13H,12H2,1-4H3,(H,21,23)(H,22,24). The summed E-state index contributed by atoms with van der Waals surface area (Å²) >= 11 is 0. The van der Waals surface area contributed by atoms with Crippen molar-refractivity contribution < 1.29 is 23.8 Å². The maximum Gasteiger partial charge on any atom is 0.309 e. The number of benzene rings is 2. The SMILES string of the molecule is COc1ccc(CNC(=O)C(=O)NC(C)c2ccc(OC)c(OC)c2)cc1. The van der Waals surface area contributed by atoms with Crippen LogP contribution < -0.4 is 24.8 Å². The molecule has 7 heteroatoms. The first-order valence-corrected chi connectivity index (χ1v) is 8.42. The molecule has 0 aliphatic carbocycles. The van der Waals surface area contributed by atoms with E-state index in [1.165, 1.54) is 7.11 Å². The summed E-state index contributed by atoms with van der Waals surface area (Å²) in [5, 5.41) is 5.27. The van der Waals surface area contributed by atoms with E-state index in [0.29, 0.717) is 11.5 Å². The van der Waals surface area contributed by atoms with E-state index in [9.17, 15) is 9.59 Å². The molecule has 0 aliphatic rings. The van der Waals surface area contributed by atoms with Crippen LogP contribution in [-0.2, 0) is 16.1 Å². The number of carbonyl (C=O) groups is 2. The molecule has 144 valence electrons. The van der Waals surface area contributed by atoms with Crippen LogP contribution in [-0.4, -0.2) is 33.1 Å². The summed E-state index contributed by atoms with van der Waals surface area (Å²) < 4.78 is 15.5. The number of ether oxygens (including phenoxy) is 3. The third kappa shape index (κ3) is 5.37. The van der Waals surface area contributed by atoms with Crippen LogP contribution in [0.4, 0.5) is 0 Å². The molecule has 0 heterocycles. The average Bonchev–Trinajstić information content (AvgIpc) is 2.71. The first-order valence-electron chi connectivity index (χ1n) is 8.42. The molecule has 27 heavy (non-hydrogen) atoms. The Bertz CT molecular complexity index is 789. The van der Waals surface area contributed by atoms with Gasteiger partial charge in [0.1, 0.15) is 5.75 Å². The quantitative estimate of drug-likeness (QED) is 0.728. The minimum atomic E-state index is -0.703. The first-order chi connectivity index (χ1) is 13.0. The van der Waals surface area contributed by atoms with Crippen LogP contribution in [0.5, 0.6) is 17.2 Å². The van der Waals surface area contributed by atoms with Crippen LogP contribution in [0.2, 0.25) is 0 Å². The number of nitrogens with one attached hydrogen (secondary N) is 2. The molecule has 0 radical (unpaired) electrons. The molecule has 2 aromatic carbocycles. The van der Waals surface area contributed by atoms with E-state index >= 15 is 0 Å². The highest BCUT2D eigenvalue weighted by Gasteiger charge is 2.18. The Morgan fingerprint density at radius 3 is 2.15 bits per heavy atom. The van der Waals surface area contributed by atoms with Crippen molar-refractivity contribution in [1.82, 2.24) is 10.6 Å². The van der Waals surface area contributed by atoms with Crippen LogP contribution in [0.3, 0.4) is 0 Å². The van der Waals surface area contributed by atoms with Gasteiger partial charge >= 0.3 is 11.8 Å². The largest absolute Gasteiger partial charge is 0.497 e. The van der Waals surface area contributed by atoms with E-state index in [0.717, 1.165) is 16.9 Å². The van der Waals surface area contributed by atoms with Gasteiger partial charge < -0.3 is 24.8 Å². The molecule has 0 saturated heterocycles. The fraction of sp³-hybridized carbons (Fsp3) is 0.300. The number of hydrogen-bond acceptors (Lipinski definition) is 5. The molecule has 2 rings (SSSR count). The normalized spacial score (nSPS) is 11.3. The molecule has 2 N–H and O–H groups in total. The van der Waals surface area contributed by atoms with Crippen molar-refractivity contribution in [3.63, 3.8) is 0 Å². The fourth-order valence-corrected chi connectivity index (χ4v) is 2.47. The molecule has 7 nitrogen and oxygen atoms in total. The molecular formula is C20H24N2O5. The number of rotatable bonds is 7. The summed E-state index contributed by atoms with van der Waals surface area (Å²) in [7, 11) is 4.67. The molecule has 1 unspecified atom stereocenters. The highest BCUT2D eigenvalue weighted by atomic mass is 16.5. The molecule has 0 fully saturated rings. The summed E-state index contributed by atoms with van der Waals surface area (Å²) in [6.45, 7) is 2.04. The van der Waals surface area contributed by atoms with Crippen LogP contribution in [0, 0.1) is 0 Å². The minimum absolute atomic E-state index is 0.251. The zero-order chi connectivity index (χ0) is 19.8. The Labute approximate surface area is 158 Å². The summed E-state index contributed by atoms with van der Waals surface area (Å²) in [4.78, 5) is 24.2. The Balaban J connectivity index is 1.91. The monoisotopic (exact) mass is 372 g/mol. The fourth-order valence-electron chi connectivity index (χ4n) is 2.47. The first kappa shape index (κ1) is 20.1. The molecule has 0 bridgehead atoms. The van der Waals surface area contributed by atoms with Gasteiger partial charge in [-0.25, -0.2) is 0 Å². The van der Waals surface area contributed by atoms with E-state index < -0.39 is 11.8 Å². The Morgan fingerprint density at radius 2 is 1.56 bits per heavy atom. The van der Waals surface area contributed by atoms with Gasteiger partial charge in [-0.15, -0.1) is 0 Å². The van der Waals surface area contributed by atoms with Gasteiger partial charge in [-0.05, 0) is 42.3 Å². The van der Waals surface area contributed by atoms with Crippen molar-refractivity contribution in [2.75, 3.05) is 21.3 Å². The lowest BCUT2D eigenvalue weighted by atomic mass is 10.1. The van der Waals surface area contributed by atoms with E-state index in [-0.39, 0.29) is 12.6 Å². The van der Waals surface area contributed by atoms with Crippen LogP contribution in [0.1, 0.15) is 24.1 Å². The van der Waals surface area contributed by atoms with Gasteiger partial charge in [0, 0.05) is 6.54 Å². The summed E-state index contributed by atoms with van der Waals surface area (Å²) in [5.74, 6) is 0.479. The lowest BCUT2D eigenvalue weighted by Gasteiger charge is -2.16. The molecule has 2 amide bonds. The molecule has 0 aromatic heterocycles. The molecule has 0 spiro atoms. The summed E-state index contributed by atoms with van der Waals surface area (Å²) in [6, 6.07) is 12.2. The van der Waals surface area contributed by atoms with Gasteiger partial charge in [0.15, 0.2) is 11.5 Å². The second kappa shape index (κ2) is 9.47. The molecule has 0 saturated carbocycles. The maximum atomic E-state index is 12.1. The van der Waals surface area contributed by atoms with E-state index in [2.05, 4.69) is 10.6 Å². The van der Waals surface area contributed by atoms with Crippen LogP contribution in [0.15, 0.2) is 42.5 Å². The summed E-state index contributed by atoms with van der Waals surface area (Å²) in [6.07, 6.45) is 0. The van der Waals surface area contributed by atoms with Crippen molar-refractivity contribution in [3.8, 4) is 17.2 Å². The van der Waals surface area contributed by atoms with Gasteiger partial charge in [0.05, 0.1) is 27.4 Å². The van der Waals surface area contributed by atoms with Crippen molar-refractivity contribution >= 4 is 11.8 Å². The summed E-state index contributed by atoms with van der Waals surface area (Å²) in [5.41, 5.74) is 1.66. The minimum Gasteiger partial charge on any atom is -0.497 e. The molecule has 2 aromatic rings. The van der Waals surface area contributed by atoms with Gasteiger partial charge in [0.2, 0.25) is 0 Å². The predicted octanol–water partition coefficient (Wildman–Crippen LogP) is 2.21. The zero-order valence-corrected chi connectivity index (χ0v) is 15.9. The second-order valence-electron chi connectivity index (χ2n) is 5.84. The van der Waals surface area contributed by atoms with Crippen molar-refractivity contribution in [1.29, 1.82) is 0 Å². The van der Waals surface area contributed by atoms with E-state index in [1.54, 1.807) is 45.4 Å². The van der Waals surface area contributed by atoms with Gasteiger partial charge in [-0.2, -0.15) is 0 Å². The second-order valence-corrected chi connectivity index (χ2v) is 5.84. The van der Waals surface area contributed by atoms with Crippen molar-refractivity contribution in [2.24, 2.45) is 0 Å². The Kier molecular flexibility index (Phi) is 7.05. The lowest BCUT2D eigenvalue weighted by Crippen LogP contribution is -2.40. The smallest absolute Gasteiger partial charge is 0.309 e. The van der Waals surface area contributed by atoms with Crippen molar-refractivity contribution in [3.05, 3.63) is 53.6 Å². The van der Waals surface area contributed by atoms with Gasteiger partial charge in [-0.3, -0.25) is 9.59 Å². The Morgan fingerprint density at radius 1 is 0.889 bits per heavy atom. The number of hydrogen-bond donors (Lipinski definition) is 2. The Hall–Kier alpha value is -3.22. The topological polar surface area (TPSA) is 85.9 Å². The highest BCUT2D eigenvalue weighted by Crippen LogP contribution is 2.29. The third-order valence-electron chi connectivity index (χ3n) is 4.07. The molecule has 1 atom stereocenters. The van der Waals surface area contributed by atoms with Crippen LogP contribution in [0.25, 0.3) is 0 Å². The van der Waals surface area contributed by atoms with Gasteiger partial charge in [-0.1, -0.05) is 18.2 Å². The van der Waals surface area contributed by atoms with Crippen molar-refractivity contribution in [2.45, 2.75) is 19.5 Å². The average molecular weight is 372 g/mol. The number of carbonyl (C=O) groups excluding carboxylic acids is 2. The maximum absolute atomic E-state index is 12.1. The molecular weight excluding hydrogens is 348 g/mol.